The van der Waals surface area contributed by atoms with E-state index < -0.39 is 0 Å². The summed E-state index contributed by atoms with van der Waals surface area (Å²) in [6, 6.07) is 14.7. The van der Waals surface area contributed by atoms with Crippen LogP contribution in [0.25, 0.3) is 6.08 Å². The predicted molar refractivity (Wildman–Crippen MR) is 138 cm³/mol. The van der Waals surface area contributed by atoms with Crippen molar-refractivity contribution < 1.29 is 9.53 Å². The van der Waals surface area contributed by atoms with E-state index >= 15 is 0 Å². The van der Waals surface area contributed by atoms with E-state index in [1.807, 2.05) is 24.3 Å². The molecule has 32 heavy (non-hydrogen) atoms. The molecule has 1 fully saturated rings. The average Bonchev–Trinajstić information content (AvgIpc) is 2.79. The molecular weight excluding hydrogens is 486 g/mol. The molecule has 2 aliphatic carbocycles. The van der Waals surface area contributed by atoms with Gasteiger partial charge in [0, 0.05) is 22.5 Å². The van der Waals surface area contributed by atoms with Crippen molar-refractivity contribution in [2.45, 2.75) is 51.0 Å². The third kappa shape index (κ3) is 5.84. The van der Waals surface area contributed by atoms with Crippen LogP contribution in [0.3, 0.4) is 0 Å². The number of allylic oxidation sites excluding steroid dienone is 1. The van der Waals surface area contributed by atoms with Crippen LogP contribution in [-0.4, -0.2) is 37.4 Å². The van der Waals surface area contributed by atoms with Crippen LogP contribution in [0.5, 0.6) is 5.75 Å². The topological polar surface area (TPSA) is 29.5 Å². The number of hydrogen-bond acceptors (Lipinski definition) is 3. The van der Waals surface area contributed by atoms with Gasteiger partial charge in [0.05, 0.1) is 7.11 Å². The summed E-state index contributed by atoms with van der Waals surface area (Å²) in [6.07, 6.45) is 12.5. The molecule has 2 aliphatic rings. The Morgan fingerprint density at radius 2 is 1.88 bits per heavy atom. The molecule has 0 aliphatic heterocycles. The predicted octanol–water partition coefficient (Wildman–Crippen LogP) is 6.97. The Morgan fingerprint density at radius 1 is 1.16 bits per heavy atom. The minimum absolute atomic E-state index is 0. The van der Waals surface area contributed by atoms with Crippen molar-refractivity contribution >= 4 is 40.2 Å². The number of carbonyl (C=O) groups excluding carboxylic acids is 1. The minimum atomic E-state index is 0. The van der Waals surface area contributed by atoms with E-state index in [1.54, 1.807) is 7.11 Å². The molecule has 1 spiro atoms. The second-order valence-corrected chi connectivity index (χ2v) is 10.1. The molecule has 0 aromatic heterocycles. The van der Waals surface area contributed by atoms with Crippen LogP contribution in [0.15, 0.2) is 53.0 Å². The summed E-state index contributed by atoms with van der Waals surface area (Å²) in [5.41, 5.74) is 3.96. The molecule has 2 aromatic rings. The first-order valence-corrected chi connectivity index (χ1v) is 12.1. The first-order valence-electron chi connectivity index (χ1n) is 11.3. The molecule has 0 radical (unpaired) electrons. The van der Waals surface area contributed by atoms with E-state index in [0.717, 1.165) is 28.8 Å². The highest BCUT2D eigenvalue weighted by atomic mass is 79.9. The van der Waals surface area contributed by atoms with Crippen molar-refractivity contribution in [1.82, 2.24) is 4.90 Å². The van der Waals surface area contributed by atoms with Crippen molar-refractivity contribution in [3.05, 3.63) is 69.7 Å². The molecule has 0 N–H and O–H groups in total. The maximum absolute atomic E-state index is 12.5. The fourth-order valence-electron chi connectivity index (χ4n) is 5.14. The lowest BCUT2D eigenvalue weighted by molar-refractivity contribution is 0.0963. The fourth-order valence-corrected chi connectivity index (χ4v) is 5.52. The molecule has 1 saturated carbocycles. The third-order valence-corrected chi connectivity index (χ3v) is 7.66. The Bertz CT molecular complexity index is 949. The van der Waals surface area contributed by atoms with Crippen LogP contribution in [0.2, 0.25) is 0 Å². The Kier molecular flexibility index (Phi) is 8.60. The summed E-state index contributed by atoms with van der Waals surface area (Å²) in [5.74, 6) is 1.01. The van der Waals surface area contributed by atoms with E-state index in [0.29, 0.717) is 17.9 Å². The Hall–Kier alpha value is -1.62. The SMILES string of the molecule is COc1ccc(C(=O)CCCN(C)C2CCC3(C=Cc4cc(Br)ccc4C3)CC2)cc1.Cl. The fraction of sp³-hybridized carbons (Fsp3) is 0.444. The van der Waals surface area contributed by atoms with Gasteiger partial charge in [-0.1, -0.05) is 34.1 Å². The number of benzene rings is 2. The lowest BCUT2D eigenvalue weighted by atomic mass is 9.66. The van der Waals surface area contributed by atoms with Gasteiger partial charge in [0.15, 0.2) is 5.78 Å². The second kappa shape index (κ2) is 11.0. The van der Waals surface area contributed by atoms with Crippen LogP contribution in [-0.2, 0) is 6.42 Å². The summed E-state index contributed by atoms with van der Waals surface area (Å²) >= 11 is 3.58. The van der Waals surface area contributed by atoms with Gasteiger partial charge in [-0.25, -0.2) is 0 Å². The van der Waals surface area contributed by atoms with Crippen LogP contribution in [0.4, 0.5) is 0 Å². The summed E-state index contributed by atoms with van der Waals surface area (Å²) in [6.45, 7) is 0.978. The molecule has 0 bridgehead atoms. The molecule has 172 valence electrons. The summed E-state index contributed by atoms with van der Waals surface area (Å²) in [4.78, 5) is 14.9. The van der Waals surface area contributed by atoms with E-state index in [4.69, 9.17) is 4.74 Å². The van der Waals surface area contributed by atoms with Crippen molar-refractivity contribution in [3.63, 3.8) is 0 Å². The molecule has 0 heterocycles. The van der Waals surface area contributed by atoms with Crippen molar-refractivity contribution in [3.8, 4) is 5.75 Å². The minimum Gasteiger partial charge on any atom is -0.497 e. The number of methoxy groups -OCH3 is 1. The van der Waals surface area contributed by atoms with Gasteiger partial charge in [0.25, 0.3) is 0 Å². The molecular formula is C27H33BrClNO2. The van der Waals surface area contributed by atoms with E-state index in [1.165, 1.54) is 43.2 Å². The molecule has 4 rings (SSSR count). The largest absolute Gasteiger partial charge is 0.497 e. The van der Waals surface area contributed by atoms with E-state index in [9.17, 15) is 4.79 Å². The summed E-state index contributed by atoms with van der Waals surface area (Å²) in [7, 11) is 3.87. The van der Waals surface area contributed by atoms with Crippen LogP contribution >= 0.6 is 28.3 Å². The zero-order valence-electron chi connectivity index (χ0n) is 19.0. The smallest absolute Gasteiger partial charge is 0.162 e. The Labute approximate surface area is 206 Å². The van der Waals surface area contributed by atoms with E-state index in [-0.39, 0.29) is 18.2 Å². The second-order valence-electron chi connectivity index (χ2n) is 9.18. The number of rotatable bonds is 7. The Balaban J connectivity index is 0.00000289. The van der Waals surface area contributed by atoms with Gasteiger partial charge in [-0.05, 0) is 105 Å². The highest BCUT2D eigenvalue weighted by Crippen LogP contribution is 2.45. The average molecular weight is 519 g/mol. The van der Waals surface area contributed by atoms with Crippen LogP contribution < -0.4 is 4.74 Å². The normalized spacial score (nSPS) is 21.8. The highest BCUT2D eigenvalue weighted by Gasteiger charge is 2.36. The van der Waals surface area contributed by atoms with Gasteiger partial charge in [0.2, 0.25) is 0 Å². The number of hydrogen-bond donors (Lipinski definition) is 0. The maximum atomic E-state index is 12.5. The molecule has 0 unspecified atom stereocenters. The number of carbonyl (C=O) groups is 1. The van der Waals surface area contributed by atoms with Crippen LogP contribution in [0, 0.1) is 5.41 Å². The summed E-state index contributed by atoms with van der Waals surface area (Å²) in [5, 5.41) is 0. The first kappa shape index (κ1) is 25.0. The number of ketones is 1. The molecule has 0 amide bonds. The first-order chi connectivity index (χ1) is 15.0. The molecule has 2 aromatic carbocycles. The van der Waals surface area contributed by atoms with Crippen molar-refractivity contribution in [1.29, 1.82) is 0 Å². The zero-order valence-corrected chi connectivity index (χ0v) is 21.4. The molecule has 0 saturated heterocycles. The van der Waals surface area contributed by atoms with Gasteiger partial charge in [0.1, 0.15) is 5.75 Å². The van der Waals surface area contributed by atoms with Gasteiger partial charge in [-0.3, -0.25) is 4.79 Å². The zero-order chi connectivity index (χ0) is 21.8. The summed E-state index contributed by atoms with van der Waals surface area (Å²) < 4.78 is 6.32. The van der Waals surface area contributed by atoms with Gasteiger partial charge < -0.3 is 9.64 Å². The number of Topliss-reactive ketones (excluding diaryl/α,β-unsaturated/α-hetero) is 1. The number of nitrogens with zero attached hydrogens (tertiary/aromatic N) is 1. The molecule has 5 heteroatoms. The van der Waals surface area contributed by atoms with Crippen molar-refractivity contribution in [2.24, 2.45) is 5.41 Å². The number of fused-ring (bicyclic) bond motifs is 1. The quantitative estimate of drug-likeness (QED) is 0.371. The third-order valence-electron chi connectivity index (χ3n) is 7.17. The van der Waals surface area contributed by atoms with Gasteiger partial charge >= 0.3 is 0 Å². The highest BCUT2D eigenvalue weighted by molar-refractivity contribution is 9.10. The molecule has 3 nitrogen and oxygen atoms in total. The van der Waals surface area contributed by atoms with Gasteiger partial charge in [-0.2, -0.15) is 0 Å². The van der Waals surface area contributed by atoms with Crippen LogP contribution in [0.1, 0.15) is 60.0 Å². The van der Waals surface area contributed by atoms with Crippen molar-refractivity contribution in [2.75, 3.05) is 20.7 Å². The standard InChI is InChI=1S/C27H32BrNO2.ClH/c1-29(17-3-4-26(30)20-6-9-25(31-2)10-7-20)24-12-15-27(16-13-24)14-11-21-18-23(28)8-5-22(21)19-27;/h5-11,14,18,24H,3-4,12-13,15-17,19H2,1-2H3;1H. The molecule has 0 atom stereocenters. The lowest BCUT2D eigenvalue weighted by Crippen LogP contribution is -2.40. The number of halogens is 2. The Morgan fingerprint density at radius 3 is 2.56 bits per heavy atom. The number of ether oxygens (including phenoxy) is 1. The van der Waals surface area contributed by atoms with E-state index in [2.05, 4.69) is 58.2 Å². The lowest BCUT2D eigenvalue weighted by Gasteiger charge is -2.43. The van der Waals surface area contributed by atoms with Gasteiger partial charge in [-0.15, -0.1) is 12.4 Å². The maximum Gasteiger partial charge on any atom is 0.162 e. The monoisotopic (exact) mass is 517 g/mol.